The van der Waals surface area contributed by atoms with E-state index in [1.165, 1.54) is 0 Å². The average Bonchev–Trinajstić information content (AvgIpc) is 3.43. The summed E-state index contributed by atoms with van der Waals surface area (Å²) in [5.41, 5.74) is -0.337. The van der Waals surface area contributed by atoms with E-state index < -0.39 is 23.5 Å². The monoisotopic (exact) mass is 539 g/mol. The number of carbonyl (C=O) groups is 5. The third-order valence-corrected chi connectivity index (χ3v) is 8.81. The highest BCUT2D eigenvalue weighted by Gasteiger charge is 2.44. The maximum atomic E-state index is 13.7. The molecule has 1 spiro atoms. The van der Waals surface area contributed by atoms with Gasteiger partial charge in [0.2, 0.25) is 17.7 Å². The number of carboxylic acid groups (broad SMARTS) is 1. The minimum absolute atomic E-state index is 0.101. The van der Waals surface area contributed by atoms with Gasteiger partial charge in [0.25, 0.3) is 5.91 Å². The van der Waals surface area contributed by atoms with Crippen LogP contribution in [0.5, 0.6) is 0 Å². The summed E-state index contributed by atoms with van der Waals surface area (Å²) in [4.78, 5) is 70.5. The number of likely N-dealkylation sites (tertiary alicyclic amines) is 1. The number of amides is 4. The Balaban J connectivity index is 1.38. The van der Waals surface area contributed by atoms with Crippen LogP contribution in [-0.2, 0) is 19.2 Å². The molecule has 0 radical (unpaired) electrons. The zero-order chi connectivity index (χ0) is 27.6. The molecule has 5 fully saturated rings. The van der Waals surface area contributed by atoms with Gasteiger partial charge >= 0.3 is 5.97 Å². The van der Waals surface area contributed by atoms with Crippen LogP contribution in [0.3, 0.4) is 0 Å². The zero-order valence-electron chi connectivity index (χ0n) is 22.1. The lowest BCUT2D eigenvalue weighted by molar-refractivity contribution is -0.145. The molecule has 5 aliphatic heterocycles. The highest BCUT2D eigenvalue weighted by Crippen LogP contribution is 2.31. The zero-order valence-corrected chi connectivity index (χ0v) is 22.1. The van der Waals surface area contributed by atoms with Crippen molar-refractivity contribution in [1.82, 2.24) is 25.3 Å². The molecule has 0 aromatic heterocycles. The maximum absolute atomic E-state index is 13.7. The molecule has 2 bridgehead atoms. The van der Waals surface area contributed by atoms with Crippen molar-refractivity contribution >= 4 is 29.6 Å². The summed E-state index contributed by atoms with van der Waals surface area (Å²) in [7, 11) is 0. The molecule has 5 saturated heterocycles. The van der Waals surface area contributed by atoms with E-state index in [4.69, 9.17) is 0 Å². The average molecular weight is 540 g/mol. The van der Waals surface area contributed by atoms with Crippen molar-refractivity contribution in [3.05, 3.63) is 35.9 Å². The summed E-state index contributed by atoms with van der Waals surface area (Å²) in [6.07, 6.45) is 3.39. The SMILES string of the molecule is O=C1CC2(CCN(C(=O)c3ccccc3)CC2)NC(=O)[C@@H]2CCCN2C2CCN(CC2)C(=O)C[C@@H](C(=O)O)N1. The second-order valence-corrected chi connectivity index (χ2v) is 11.3. The summed E-state index contributed by atoms with van der Waals surface area (Å²) in [5.74, 6) is -2.30. The van der Waals surface area contributed by atoms with Gasteiger partial charge in [-0.15, -0.1) is 0 Å². The summed E-state index contributed by atoms with van der Waals surface area (Å²) in [5, 5.41) is 15.5. The molecule has 1 aromatic carbocycles. The molecule has 5 heterocycles. The molecule has 11 heteroatoms. The first-order valence-corrected chi connectivity index (χ1v) is 14.0. The van der Waals surface area contributed by atoms with Crippen LogP contribution in [0.1, 0.15) is 61.7 Å². The lowest BCUT2D eigenvalue weighted by Gasteiger charge is -2.44. The number of benzene rings is 1. The molecule has 0 unspecified atom stereocenters. The van der Waals surface area contributed by atoms with Gasteiger partial charge in [-0.05, 0) is 57.2 Å². The quantitative estimate of drug-likeness (QED) is 0.500. The van der Waals surface area contributed by atoms with Crippen molar-refractivity contribution in [3.63, 3.8) is 0 Å². The number of nitrogens with zero attached hydrogens (tertiary/aromatic N) is 3. The minimum atomic E-state index is -1.34. The number of carboxylic acids is 1. The Morgan fingerprint density at radius 2 is 1.62 bits per heavy atom. The molecule has 0 saturated carbocycles. The molecule has 210 valence electrons. The number of hydrogen-bond donors (Lipinski definition) is 3. The summed E-state index contributed by atoms with van der Waals surface area (Å²) >= 11 is 0. The van der Waals surface area contributed by atoms with Crippen LogP contribution in [0, 0.1) is 0 Å². The van der Waals surface area contributed by atoms with Gasteiger partial charge in [-0.25, -0.2) is 4.79 Å². The predicted molar refractivity (Wildman–Crippen MR) is 141 cm³/mol. The van der Waals surface area contributed by atoms with Crippen molar-refractivity contribution in [3.8, 4) is 0 Å². The van der Waals surface area contributed by atoms with Crippen molar-refractivity contribution in [2.45, 2.75) is 75.0 Å². The first-order chi connectivity index (χ1) is 18.7. The van der Waals surface area contributed by atoms with Crippen molar-refractivity contribution < 1.29 is 29.1 Å². The summed E-state index contributed by atoms with van der Waals surface area (Å²) in [6, 6.07) is 7.51. The van der Waals surface area contributed by atoms with E-state index in [1.807, 2.05) is 18.2 Å². The van der Waals surface area contributed by atoms with Crippen LogP contribution >= 0.6 is 0 Å². The fourth-order valence-corrected chi connectivity index (χ4v) is 6.60. The number of aliphatic carboxylic acids is 1. The molecule has 5 aliphatic rings. The molecule has 4 amide bonds. The number of nitrogens with one attached hydrogen (secondary N) is 2. The second-order valence-electron chi connectivity index (χ2n) is 11.3. The van der Waals surface area contributed by atoms with Crippen LogP contribution in [0.25, 0.3) is 0 Å². The van der Waals surface area contributed by atoms with Crippen LogP contribution in [0.4, 0.5) is 0 Å². The topological polar surface area (TPSA) is 139 Å². The lowest BCUT2D eigenvalue weighted by Crippen LogP contribution is -2.61. The standard InChI is InChI=1S/C28H37N5O6/c34-23-18-28(10-15-32(16-11-28)26(37)19-5-2-1-3-6-19)30-25(36)22-7-4-12-33(22)20-8-13-31(14-9-20)24(35)17-21(29-23)27(38)39/h1-3,5-6,20-22H,4,7-18H2,(H,29,34)(H,30,36)(H,38,39)/t21-,22-/m0/s1. The van der Waals surface area contributed by atoms with E-state index in [-0.39, 0.29) is 42.6 Å². The van der Waals surface area contributed by atoms with Crippen molar-refractivity contribution in [1.29, 1.82) is 0 Å². The van der Waals surface area contributed by atoms with Gasteiger partial charge in [0.1, 0.15) is 6.04 Å². The van der Waals surface area contributed by atoms with E-state index in [1.54, 1.807) is 21.9 Å². The van der Waals surface area contributed by atoms with Gasteiger partial charge < -0.3 is 25.5 Å². The van der Waals surface area contributed by atoms with Gasteiger partial charge in [0, 0.05) is 44.2 Å². The third kappa shape index (κ3) is 5.93. The van der Waals surface area contributed by atoms with Crippen molar-refractivity contribution in [2.24, 2.45) is 0 Å². The molecule has 0 aliphatic carbocycles. The van der Waals surface area contributed by atoms with Crippen LogP contribution in [0.2, 0.25) is 0 Å². The highest BCUT2D eigenvalue weighted by molar-refractivity contribution is 5.94. The van der Waals surface area contributed by atoms with E-state index in [2.05, 4.69) is 15.5 Å². The fraction of sp³-hybridized carbons (Fsp3) is 0.607. The fourth-order valence-electron chi connectivity index (χ4n) is 6.60. The molecule has 6 rings (SSSR count). The third-order valence-electron chi connectivity index (χ3n) is 8.81. The Bertz CT molecular complexity index is 1110. The largest absolute Gasteiger partial charge is 0.480 e. The Kier molecular flexibility index (Phi) is 7.88. The van der Waals surface area contributed by atoms with E-state index >= 15 is 0 Å². The number of fused-ring (bicyclic) bond motifs is 8. The number of carbonyl (C=O) groups excluding carboxylic acids is 4. The number of hydrogen-bond acceptors (Lipinski definition) is 6. The molecule has 3 N–H and O–H groups in total. The minimum Gasteiger partial charge on any atom is -0.480 e. The molecule has 1 aromatic rings. The molecule has 2 atom stereocenters. The number of piperidine rings is 2. The molecular formula is C28H37N5O6. The highest BCUT2D eigenvalue weighted by atomic mass is 16.4. The summed E-state index contributed by atoms with van der Waals surface area (Å²) in [6.45, 7) is 2.53. The van der Waals surface area contributed by atoms with E-state index in [0.29, 0.717) is 44.6 Å². The summed E-state index contributed by atoms with van der Waals surface area (Å²) < 4.78 is 0. The Hall–Kier alpha value is -3.47. The number of rotatable bonds is 2. The smallest absolute Gasteiger partial charge is 0.326 e. The van der Waals surface area contributed by atoms with E-state index in [0.717, 1.165) is 32.2 Å². The first kappa shape index (κ1) is 27.1. The molecular weight excluding hydrogens is 502 g/mol. The first-order valence-electron chi connectivity index (χ1n) is 14.0. The normalized spacial score (nSPS) is 26.9. The van der Waals surface area contributed by atoms with Gasteiger partial charge in [-0.1, -0.05) is 18.2 Å². The maximum Gasteiger partial charge on any atom is 0.326 e. The van der Waals surface area contributed by atoms with Crippen LogP contribution in [0.15, 0.2) is 30.3 Å². The molecule has 39 heavy (non-hydrogen) atoms. The molecule has 11 nitrogen and oxygen atoms in total. The second kappa shape index (κ2) is 11.3. The van der Waals surface area contributed by atoms with Gasteiger partial charge in [0.15, 0.2) is 0 Å². The van der Waals surface area contributed by atoms with Gasteiger partial charge in [-0.2, -0.15) is 0 Å². The lowest BCUT2D eigenvalue weighted by atomic mass is 9.83. The van der Waals surface area contributed by atoms with Crippen LogP contribution < -0.4 is 10.6 Å². The van der Waals surface area contributed by atoms with Gasteiger partial charge in [0.05, 0.1) is 18.0 Å². The Labute approximate surface area is 227 Å². The van der Waals surface area contributed by atoms with Crippen molar-refractivity contribution in [2.75, 3.05) is 32.7 Å². The Morgan fingerprint density at radius 1 is 0.923 bits per heavy atom. The van der Waals surface area contributed by atoms with Gasteiger partial charge in [-0.3, -0.25) is 24.1 Å². The predicted octanol–water partition coefficient (Wildman–Crippen LogP) is 0.596. The van der Waals surface area contributed by atoms with E-state index in [9.17, 15) is 29.1 Å². The Morgan fingerprint density at radius 3 is 2.28 bits per heavy atom. The van der Waals surface area contributed by atoms with Crippen LogP contribution in [-0.4, -0.2) is 106 Å².